The van der Waals surface area contributed by atoms with Crippen molar-refractivity contribution in [2.75, 3.05) is 26.7 Å². The number of aromatic nitrogens is 3. The van der Waals surface area contributed by atoms with E-state index < -0.39 is 0 Å². The summed E-state index contributed by atoms with van der Waals surface area (Å²) in [6.45, 7) is 4.20. The molecule has 0 atom stereocenters. The van der Waals surface area contributed by atoms with Crippen molar-refractivity contribution in [1.29, 1.82) is 0 Å². The molecule has 0 saturated carbocycles. The normalized spacial score (nSPS) is 10.7. The number of nitrogens with zero attached hydrogens (tertiary/aromatic N) is 4. The molecule has 0 radical (unpaired) electrons. The van der Waals surface area contributed by atoms with Gasteiger partial charge in [0.1, 0.15) is 12.4 Å². The first-order valence-electron chi connectivity index (χ1n) is 13.9. The fourth-order valence-electron chi connectivity index (χ4n) is 4.64. The van der Waals surface area contributed by atoms with Crippen LogP contribution in [0.2, 0.25) is 0 Å². The van der Waals surface area contributed by atoms with E-state index >= 15 is 0 Å². The van der Waals surface area contributed by atoms with Crippen LogP contribution in [0.3, 0.4) is 0 Å². The Morgan fingerprint density at radius 2 is 1.61 bits per heavy atom. The summed E-state index contributed by atoms with van der Waals surface area (Å²) >= 11 is 1.50. The van der Waals surface area contributed by atoms with Gasteiger partial charge in [-0.15, -0.1) is 24.8 Å². The molecule has 44 heavy (non-hydrogen) atoms. The zero-order valence-electron chi connectivity index (χ0n) is 24.9. The largest absolute Gasteiger partial charge is 0.492 e. The second-order valence-electron chi connectivity index (χ2n) is 10.3. The van der Waals surface area contributed by atoms with Crippen LogP contribution in [0.25, 0.3) is 10.9 Å². The molecule has 0 amide bonds. The average Bonchev–Trinajstić information content (AvgIpc) is 3.02. The van der Waals surface area contributed by atoms with Gasteiger partial charge in [-0.25, -0.2) is 4.98 Å². The minimum absolute atomic E-state index is 0. The number of carbonyl (C=O) groups is 1. The SMILES string of the molecule is Cc1cccc2nc(SCc3ccc(C(=O)c4ccc(OCCN(C)CCc5ccccn5)cc4)cc3)n(C)c(=O)c12.Cl.Cl. The van der Waals surface area contributed by atoms with E-state index in [2.05, 4.69) is 16.9 Å². The molecule has 5 rings (SSSR count). The second-order valence-corrected chi connectivity index (χ2v) is 11.2. The van der Waals surface area contributed by atoms with E-state index in [9.17, 15) is 9.59 Å². The minimum Gasteiger partial charge on any atom is -0.492 e. The standard InChI is InChI=1S/C34H34N4O3S.2ClH/c1-24-7-6-9-30-31(24)33(40)38(3)34(36-30)42-23-25-10-12-26(13-11-25)32(39)27-14-16-29(17-15-27)41-22-21-37(2)20-18-28-8-4-5-19-35-28;;/h4-17,19H,18,20-23H2,1-3H3;2*1H. The molecule has 0 saturated heterocycles. The quantitative estimate of drug-likeness (QED) is 0.0860. The van der Waals surface area contributed by atoms with Gasteiger partial charge in [0, 0.05) is 55.3 Å². The maximum absolute atomic E-state index is 13.1. The third kappa shape index (κ3) is 8.70. The zero-order valence-corrected chi connectivity index (χ0v) is 27.4. The number of hydrogen-bond donors (Lipinski definition) is 0. The van der Waals surface area contributed by atoms with Gasteiger partial charge in [0.05, 0.1) is 10.9 Å². The van der Waals surface area contributed by atoms with Gasteiger partial charge in [-0.2, -0.15) is 0 Å². The lowest BCUT2D eigenvalue weighted by Gasteiger charge is -2.16. The molecule has 3 aromatic carbocycles. The monoisotopic (exact) mass is 650 g/mol. The molecule has 0 N–H and O–H groups in total. The molecule has 10 heteroatoms. The Balaban J connectivity index is 0.00000264. The number of thioether (sulfide) groups is 1. The molecule has 0 aliphatic carbocycles. The molecule has 0 fully saturated rings. The Morgan fingerprint density at radius 1 is 0.909 bits per heavy atom. The first-order chi connectivity index (χ1) is 20.4. The van der Waals surface area contributed by atoms with Gasteiger partial charge < -0.3 is 9.64 Å². The molecule has 0 bridgehead atoms. The van der Waals surface area contributed by atoms with Crippen LogP contribution in [-0.4, -0.2) is 52.0 Å². The number of aryl methyl sites for hydroxylation is 1. The highest BCUT2D eigenvalue weighted by Crippen LogP contribution is 2.23. The van der Waals surface area contributed by atoms with Crippen molar-refractivity contribution < 1.29 is 9.53 Å². The third-order valence-corrected chi connectivity index (χ3v) is 8.29. The van der Waals surface area contributed by atoms with Crippen molar-refractivity contribution in [2.24, 2.45) is 7.05 Å². The van der Waals surface area contributed by atoms with E-state index in [0.29, 0.717) is 39.5 Å². The van der Waals surface area contributed by atoms with Gasteiger partial charge in [-0.1, -0.05) is 54.2 Å². The molecule has 0 unspecified atom stereocenters. The van der Waals surface area contributed by atoms with Gasteiger partial charge in [0.2, 0.25) is 0 Å². The predicted molar refractivity (Wildman–Crippen MR) is 183 cm³/mol. The molecule has 0 aliphatic heterocycles. The number of halogens is 2. The van der Waals surface area contributed by atoms with Crippen LogP contribution >= 0.6 is 36.6 Å². The lowest BCUT2D eigenvalue weighted by molar-refractivity contribution is 0.103. The van der Waals surface area contributed by atoms with Crippen molar-refractivity contribution in [2.45, 2.75) is 24.3 Å². The maximum Gasteiger partial charge on any atom is 0.262 e. The molecule has 2 aromatic heterocycles. The predicted octanol–water partition coefficient (Wildman–Crippen LogP) is 6.56. The number of pyridine rings is 1. The van der Waals surface area contributed by atoms with Crippen LogP contribution in [-0.2, 0) is 19.2 Å². The van der Waals surface area contributed by atoms with Crippen molar-refractivity contribution in [1.82, 2.24) is 19.4 Å². The number of likely N-dealkylation sites (N-methyl/N-ethyl adjacent to an activating group) is 1. The number of carbonyl (C=O) groups excluding carboxylic acids is 1. The van der Waals surface area contributed by atoms with Crippen molar-refractivity contribution >= 4 is 53.3 Å². The summed E-state index contributed by atoms with van der Waals surface area (Å²) in [7, 11) is 3.83. The first-order valence-corrected chi connectivity index (χ1v) is 14.9. The maximum atomic E-state index is 13.1. The smallest absolute Gasteiger partial charge is 0.262 e. The van der Waals surface area contributed by atoms with E-state index in [1.807, 2.05) is 85.9 Å². The van der Waals surface area contributed by atoms with Gasteiger partial charge in [-0.3, -0.25) is 19.1 Å². The molecular weight excluding hydrogens is 615 g/mol. The van der Waals surface area contributed by atoms with Crippen molar-refractivity contribution in [3.05, 3.63) is 129 Å². The van der Waals surface area contributed by atoms with Crippen LogP contribution in [0.1, 0.15) is 32.7 Å². The summed E-state index contributed by atoms with van der Waals surface area (Å²) in [5.74, 6) is 1.34. The van der Waals surface area contributed by atoms with Crippen molar-refractivity contribution in [3.63, 3.8) is 0 Å². The number of ether oxygens (including phenoxy) is 1. The third-order valence-electron chi connectivity index (χ3n) is 7.19. The summed E-state index contributed by atoms with van der Waals surface area (Å²) in [4.78, 5) is 37.2. The highest BCUT2D eigenvalue weighted by atomic mass is 35.5. The fourth-order valence-corrected chi connectivity index (χ4v) is 5.57. The molecular formula is C34H36Cl2N4O3S. The molecule has 5 aromatic rings. The van der Waals surface area contributed by atoms with E-state index in [0.717, 1.165) is 42.1 Å². The van der Waals surface area contributed by atoms with Gasteiger partial charge in [-0.05, 0) is 67.6 Å². The second kappa shape index (κ2) is 16.4. The summed E-state index contributed by atoms with van der Waals surface area (Å²) in [6, 6.07) is 26.6. The molecule has 0 spiro atoms. The Hall–Kier alpha value is -3.69. The molecule has 230 valence electrons. The van der Waals surface area contributed by atoms with Gasteiger partial charge in [0.15, 0.2) is 10.9 Å². The summed E-state index contributed by atoms with van der Waals surface area (Å²) in [6.07, 6.45) is 2.72. The number of fused-ring (bicyclic) bond motifs is 1. The van der Waals surface area contributed by atoms with Crippen molar-refractivity contribution in [3.8, 4) is 5.75 Å². The molecule has 0 aliphatic rings. The van der Waals surface area contributed by atoms with Gasteiger partial charge in [0.25, 0.3) is 5.56 Å². The van der Waals surface area contributed by atoms with E-state index in [-0.39, 0.29) is 36.2 Å². The van der Waals surface area contributed by atoms with E-state index in [1.165, 1.54) is 11.8 Å². The lowest BCUT2D eigenvalue weighted by atomic mass is 10.0. The van der Waals surface area contributed by atoms with Gasteiger partial charge >= 0.3 is 0 Å². The number of hydrogen-bond acceptors (Lipinski definition) is 7. The van der Waals surface area contributed by atoms with E-state index in [4.69, 9.17) is 9.72 Å². The lowest BCUT2D eigenvalue weighted by Crippen LogP contribution is -2.26. The number of rotatable bonds is 12. The van der Waals surface area contributed by atoms with Crippen LogP contribution in [0.5, 0.6) is 5.75 Å². The van der Waals surface area contributed by atoms with E-state index in [1.54, 1.807) is 23.7 Å². The number of benzene rings is 3. The Morgan fingerprint density at radius 3 is 2.30 bits per heavy atom. The minimum atomic E-state index is -0.0399. The summed E-state index contributed by atoms with van der Waals surface area (Å²) in [5, 5.41) is 1.32. The molecule has 2 heterocycles. The fraction of sp³-hybridized carbons (Fsp3) is 0.235. The average molecular weight is 652 g/mol. The molecule has 7 nitrogen and oxygen atoms in total. The first kappa shape index (κ1) is 34.8. The van der Waals surface area contributed by atoms with Crippen LogP contribution in [0, 0.1) is 6.92 Å². The van der Waals surface area contributed by atoms with Crippen LogP contribution in [0.4, 0.5) is 0 Å². The Bertz CT molecular complexity index is 1730. The van der Waals surface area contributed by atoms with Crippen LogP contribution < -0.4 is 10.3 Å². The Labute approximate surface area is 274 Å². The topological polar surface area (TPSA) is 77.3 Å². The number of ketones is 1. The zero-order chi connectivity index (χ0) is 29.5. The van der Waals surface area contributed by atoms with Crippen LogP contribution in [0.15, 0.2) is 101 Å². The summed E-state index contributed by atoms with van der Waals surface area (Å²) < 4.78 is 7.50. The summed E-state index contributed by atoms with van der Waals surface area (Å²) in [5.41, 5.74) is 4.96. The highest BCUT2D eigenvalue weighted by molar-refractivity contribution is 7.98. The Kier molecular flexibility index (Phi) is 13.0. The highest BCUT2D eigenvalue weighted by Gasteiger charge is 2.12.